The molecule has 1 aromatic heterocycles. The summed E-state index contributed by atoms with van der Waals surface area (Å²) in [5, 5.41) is 6.59. The highest BCUT2D eigenvalue weighted by Crippen LogP contribution is 2.19. The first kappa shape index (κ1) is 22.4. The summed E-state index contributed by atoms with van der Waals surface area (Å²) in [6, 6.07) is 15.9. The number of rotatable bonds is 10. The van der Waals surface area contributed by atoms with Gasteiger partial charge in [0.05, 0.1) is 12.3 Å². The molecule has 0 bridgehead atoms. The molecule has 0 fully saturated rings. The Balaban J connectivity index is 1.47. The largest absolute Gasteiger partial charge is 0.493 e. The van der Waals surface area contributed by atoms with Crippen LogP contribution in [0, 0.1) is 6.92 Å². The molecule has 164 valence electrons. The van der Waals surface area contributed by atoms with Crippen molar-refractivity contribution in [3.63, 3.8) is 0 Å². The van der Waals surface area contributed by atoms with Crippen LogP contribution in [0.4, 0.5) is 5.69 Å². The normalized spacial score (nSPS) is 11.4. The van der Waals surface area contributed by atoms with Crippen LogP contribution in [-0.4, -0.2) is 44.9 Å². The van der Waals surface area contributed by atoms with Crippen molar-refractivity contribution in [3.8, 4) is 17.2 Å². The van der Waals surface area contributed by atoms with Gasteiger partial charge in [-0.25, -0.2) is 4.98 Å². The molecule has 1 heterocycles. The molecular weight excluding hydrogens is 392 g/mol. The predicted octanol–water partition coefficient (Wildman–Crippen LogP) is 4.30. The second-order valence-corrected chi connectivity index (χ2v) is 7.11. The maximum absolute atomic E-state index is 5.75. The summed E-state index contributed by atoms with van der Waals surface area (Å²) in [5.41, 5.74) is 3.99. The lowest BCUT2D eigenvalue weighted by Crippen LogP contribution is -2.32. The number of guanidine groups is 1. The highest BCUT2D eigenvalue weighted by atomic mass is 16.5. The fourth-order valence-electron chi connectivity index (χ4n) is 2.93. The van der Waals surface area contributed by atoms with Crippen molar-refractivity contribution in [3.05, 3.63) is 66.1 Å². The summed E-state index contributed by atoms with van der Waals surface area (Å²) in [6.45, 7) is 4.04. The molecule has 0 saturated heterocycles. The van der Waals surface area contributed by atoms with Crippen LogP contribution in [0.5, 0.6) is 5.75 Å². The van der Waals surface area contributed by atoms with E-state index in [9.17, 15) is 0 Å². The fourth-order valence-corrected chi connectivity index (χ4v) is 2.93. The lowest BCUT2D eigenvalue weighted by molar-refractivity contribution is 0.172. The standard InChI is InChI=1S/C24H30N4O3/c1-18-8-10-19(11-9-18)23-27-21(17-31-23)12-13-26-24(25-2)28-20-6-4-7-22(16-20)30-15-5-14-29-3/h4,6-11,16-17H,5,12-15H2,1-3H3,(H2,25,26,28). The highest BCUT2D eigenvalue weighted by molar-refractivity contribution is 5.93. The summed E-state index contributed by atoms with van der Waals surface area (Å²) < 4.78 is 16.4. The average Bonchev–Trinajstić information content (AvgIpc) is 3.26. The van der Waals surface area contributed by atoms with Crippen molar-refractivity contribution in [2.75, 3.05) is 39.2 Å². The molecule has 3 aromatic rings. The van der Waals surface area contributed by atoms with E-state index in [2.05, 4.69) is 39.7 Å². The van der Waals surface area contributed by atoms with Crippen LogP contribution in [0.25, 0.3) is 11.5 Å². The van der Waals surface area contributed by atoms with Crippen molar-refractivity contribution in [1.29, 1.82) is 0 Å². The second kappa shape index (κ2) is 11.8. The van der Waals surface area contributed by atoms with Crippen LogP contribution in [0.15, 0.2) is 64.2 Å². The molecule has 0 saturated carbocycles. The Kier molecular flexibility index (Phi) is 8.48. The van der Waals surface area contributed by atoms with Gasteiger partial charge in [0.1, 0.15) is 12.0 Å². The molecule has 0 unspecified atom stereocenters. The third kappa shape index (κ3) is 7.15. The molecule has 0 aliphatic heterocycles. The fraction of sp³-hybridized carbons (Fsp3) is 0.333. The lowest BCUT2D eigenvalue weighted by atomic mass is 10.1. The Morgan fingerprint density at radius 3 is 2.74 bits per heavy atom. The molecule has 2 aromatic carbocycles. The molecule has 0 atom stereocenters. The molecule has 0 radical (unpaired) electrons. The van der Waals surface area contributed by atoms with Gasteiger partial charge < -0.3 is 24.5 Å². The number of hydrogen-bond acceptors (Lipinski definition) is 5. The van der Waals surface area contributed by atoms with E-state index in [1.165, 1.54) is 5.56 Å². The number of nitrogens with zero attached hydrogens (tertiary/aromatic N) is 2. The first-order valence-corrected chi connectivity index (χ1v) is 10.4. The molecule has 7 nitrogen and oxygen atoms in total. The zero-order chi connectivity index (χ0) is 21.9. The van der Waals surface area contributed by atoms with Gasteiger partial charge in [-0.15, -0.1) is 0 Å². The molecule has 0 amide bonds. The Hall–Kier alpha value is -3.32. The number of aryl methyl sites for hydroxylation is 1. The highest BCUT2D eigenvalue weighted by Gasteiger charge is 2.07. The first-order valence-electron chi connectivity index (χ1n) is 10.4. The van der Waals surface area contributed by atoms with Gasteiger partial charge in [0.25, 0.3) is 0 Å². The van der Waals surface area contributed by atoms with Gasteiger partial charge in [-0.3, -0.25) is 4.99 Å². The minimum Gasteiger partial charge on any atom is -0.493 e. The maximum Gasteiger partial charge on any atom is 0.226 e. The van der Waals surface area contributed by atoms with E-state index in [4.69, 9.17) is 13.9 Å². The van der Waals surface area contributed by atoms with Gasteiger partial charge in [0.15, 0.2) is 5.96 Å². The number of methoxy groups -OCH3 is 1. The first-order chi connectivity index (χ1) is 15.2. The summed E-state index contributed by atoms with van der Waals surface area (Å²) in [4.78, 5) is 8.86. The van der Waals surface area contributed by atoms with Gasteiger partial charge in [-0.05, 0) is 31.2 Å². The number of aromatic nitrogens is 1. The van der Waals surface area contributed by atoms with Crippen LogP contribution in [0.1, 0.15) is 17.7 Å². The molecule has 0 spiro atoms. The number of hydrogen-bond donors (Lipinski definition) is 2. The zero-order valence-electron chi connectivity index (χ0n) is 18.4. The van der Waals surface area contributed by atoms with Crippen molar-refractivity contribution >= 4 is 11.6 Å². The van der Waals surface area contributed by atoms with Gasteiger partial charge in [0.2, 0.25) is 5.89 Å². The minimum absolute atomic E-state index is 0.618. The Labute approximate surface area is 183 Å². The van der Waals surface area contributed by atoms with Crippen LogP contribution < -0.4 is 15.4 Å². The van der Waals surface area contributed by atoms with E-state index in [-0.39, 0.29) is 0 Å². The molecule has 3 rings (SSSR count). The summed E-state index contributed by atoms with van der Waals surface area (Å²) in [6.07, 6.45) is 3.28. The van der Waals surface area contributed by atoms with E-state index in [0.29, 0.717) is 31.6 Å². The predicted molar refractivity (Wildman–Crippen MR) is 124 cm³/mol. The topological polar surface area (TPSA) is 80.9 Å². The van der Waals surface area contributed by atoms with Gasteiger partial charge in [-0.2, -0.15) is 0 Å². The SMILES string of the molecule is CN=C(NCCc1coc(-c2ccc(C)cc2)n1)Nc1cccc(OCCCOC)c1. The number of nitrogens with one attached hydrogen (secondary N) is 2. The third-order valence-corrected chi connectivity index (χ3v) is 4.61. The smallest absolute Gasteiger partial charge is 0.226 e. The number of aliphatic imine (C=N–C) groups is 1. The second-order valence-electron chi connectivity index (χ2n) is 7.11. The van der Waals surface area contributed by atoms with Gasteiger partial charge in [-0.1, -0.05) is 23.8 Å². The molecule has 0 aliphatic rings. The zero-order valence-corrected chi connectivity index (χ0v) is 18.4. The monoisotopic (exact) mass is 422 g/mol. The van der Waals surface area contributed by atoms with E-state index in [0.717, 1.165) is 35.5 Å². The Morgan fingerprint density at radius 1 is 1.13 bits per heavy atom. The Bertz CT molecular complexity index is 967. The molecule has 0 aliphatic carbocycles. The maximum atomic E-state index is 5.75. The van der Waals surface area contributed by atoms with Crippen molar-refractivity contribution in [2.45, 2.75) is 19.8 Å². The molecule has 7 heteroatoms. The average molecular weight is 423 g/mol. The van der Waals surface area contributed by atoms with Crippen molar-refractivity contribution < 1.29 is 13.9 Å². The van der Waals surface area contributed by atoms with Gasteiger partial charge >= 0.3 is 0 Å². The molecule has 2 N–H and O–H groups in total. The molecular formula is C24H30N4O3. The van der Waals surface area contributed by atoms with E-state index in [1.807, 2.05) is 36.4 Å². The van der Waals surface area contributed by atoms with E-state index in [1.54, 1.807) is 20.4 Å². The summed E-state index contributed by atoms with van der Waals surface area (Å²) in [5.74, 6) is 2.13. The van der Waals surface area contributed by atoms with E-state index >= 15 is 0 Å². The van der Waals surface area contributed by atoms with Crippen LogP contribution in [0.2, 0.25) is 0 Å². The molecule has 31 heavy (non-hydrogen) atoms. The summed E-state index contributed by atoms with van der Waals surface area (Å²) in [7, 11) is 3.43. The minimum atomic E-state index is 0.618. The lowest BCUT2D eigenvalue weighted by Gasteiger charge is -2.13. The number of oxazole rings is 1. The quantitative estimate of drug-likeness (QED) is 0.288. The Morgan fingerprint density at radius 2 is 1.97 bits per heavy atom. The van der Waals surface area contributed by atoms with Crippen LogP contribution in [0.3, 0.4) is 0 Å². The van der Waals surface area contributed by atoms with Crippen LogP contribution in [-0.2, 0) is 11.2 Å². The van der Waals surface area contributed by atoms with E-state index < -0.39 is 0 Å². The van der Waals surface area contributed by atoms with Crippen molar-refractivity contribution in [1.82, 2.24) is 10.3 Å². The number of benzene rings is 2. The van der Waals surface area contributed by atoms with Gasteiger partial charge in [0, 0.05) is 57.5 Å². The van der Waals surface area contributed by atoms with Crippen molar-refractivity contribution in [2.24, 2.45) is 4.99 Å². The summed E-state index contributed by atoms with van der Waals surface area (Å²) >= 11 is 0. The number of anilines is 1. The third-order valence-electron chi connectivity index (χ3n) is 4.61. The number of ether oxygens (including phenoxy) is 2. The van der Waals surface area contributed by atoms with Crippen LogP contribution >= 0.6 is 0 Å².